The van der Waals surface area contributed by atoms with Crippen LogP contribution in [-0.4, -0.2) is 16.1 Å². The Morgan fingerprint density at radius 2 is 1.36 bits per heavy atom. The van der Waals surface area contributed by atoms with E-state index in [4.69, 9.17) is 4.42 Å². The third-order valence-corrected chi connectivity index (χ3v) is 4.51. The number of aryl methyl sites for hydroxylation is 2. The number of nitrogens with zero attached hydrogens (tertiary/aromatic N) is 2. The van der Waals surface area contributed by atoms with Gasteiger partial charge < -0.3 is 9.73 Å². The van der Waals surface area contributed by atoms with Crippen LogP contribution in [0.15, 0.2) is 77.2 Å². The molecular weight excluding hydrogens is 350 g/mol. The van der Waals surface area contributed by atoms with Gasteiger partial charge in [-0.1, -0.05) is 35.9 Å². The maximum absolute atomic E-state index is 12.5. The van der Waals surface area contributed by atoms with Crippen LogP contribution in [-0.2, 0) is 0 Å². The van der Waals surface area contributed by atoms with Crippen LogP contribution in [0.3, 0.4) is 0 Å². The molecule has 0 saturated heterocycles. The number of para-hydroxylation sites is 1. The Kier molecular flexibility index (Phi) is 4.72. The van der Waals surface area contributed by atoms with Gasteiger partial charge in [0, 0.05) is 22.4 Å². The number of aromatic nitrogens is 2. The molecule has 3 aromatic carbocycles. The normalized spacial score (nSPS) is 10.6. The molecule has 4 rings (SSSR count). The highest BCUT2D eigenvalue weighted by Crippen LogP contribution is 2.24. The first-order chi connectivity index (χ1) is 13.6. The zero-order valence-corrected chi connectivity index (χ0v) is 15.6. The first-order valence-electron chi connectivity index (χ1n) is 8.98. The third-order valence-electron chi connectivity index (χ3n) is 4.51. The fourth-order valence-electron chi connectivity index (χ4n) is 2.82. The van der Waals surface area contributed by atoms with Crippen molar-refractivity contribution in [3.8, 4) is 22.9 Å². The van der Waals surface area contributed by atoms with Crippen molar-refractivity contribution in [3.63, 3.8) is 0 Å². The van der Waals surface area contributed by atoms with Gasteiger partial charge in [-0.2, -0.15) is 0 Å². The molecule has 0 unspecified atom stereocenters. The molecule has 1 heterocycles. The summed E-state index contributed by atoms with van der Waals surface area (Å²) in [6.07, 6.45) is 0. The van der Waals surface area contributed by atoms with Crippen molar-refractivity contribution in [2.45, 2.75) is 13.8 Å². The van der Waals surface area contributed by atoms with Crippen LogP contribution >= 0.6 is 0 Å². The molecule has 138 valence electrons. The second-order valence-corrected chi connectivity index (χ2v) is 6.62. The number of carbonyl (C=O) groups excluding carboxylic acids is 1. The summed E-state index contributed by atoms with van der Waals surface area (Å²) in [5.74, 6) is 0.726. The first-order valence-corrected chi connectivity index (χ1v) is 8.98. The van der Waals surface area contributed by atoms with Crippen LogP contribution in [0.1, 0.15) is 21.5 Å². The van der Waals surface area contributed by atoms with Gasteiger partial charge in [-0.25, -0.2) is 0 Å². The van der Waals surface area contributed by atoms with Crippen molar-refractivity contribution in [1.29, 1.82) is 0 Å². The van der Waals surface area contributed by atoms with E-state index < -0.39 is 0 Å². The summed E-state index contributed by atoms with van der Waals surface area (Å²) >= 11 is 0. The standard InChI is InChI=1S/C23H19N3O2/c1-15-7-9-18(10-8-15)22-25-26-23(28-22)19-13-11-17(12-14-19)21(27)24-20-6-4-3-5-16(20)2/h3-14H,1-2H3,(H,24,27). The molecule has 0 bridgehead atoms. The Morgan fingerprint density at radius 1 is 0.786 bits per heavy atom. The minimum Gasteiger partial charge on any atom is -0.416 e. The van der Waals surface area contributed by atoms with E-state index in [2.05, 4.69) is 15.5 Å². The van der Waals surface area contributed by atoms with E-state index in [-0.39, 0.29) is 5.91 Å². The molecule has 1 amide bonds. The van der Waals surface area contributed by atoms with Gasteiger partial charge in [0.25, 0.3) is 5.91 Å². The van der Waals surface area contributed by atoms with Gasteiger partial charge in [-0.15, -0.1) is 10.2 Å². The van der Waals surface area contributed by atoms with Gasteiger partial charge >= 0.3 is 0 Å². The molecule has 5 heteroatoms. The molecule has 1 aromatic heterocycles. The molecule has 0 saturated carbocycles. The van der Waals surface area contributed by atoms with Gasteiger partial charge in [-0.05, 0) is 61.9 Å². The highest BCUT2D eigenvalue weighted by atomic mass is 16.4. The van der Waals surface area contributed by atoms with E-state index in [0.717, 1.165) is 22.4 Å². The number of rotatable bonds is 4. The smallest absolute Gasteiger partial charge is 0.255 e. The SMILES string of the molecule is Cc1ccc(-c2nnc(-c3ccc(C(=O)Nc4ccccc4C)cc3)o2)cc1. The average molecular weight is 369 g/mol. The molecule has 0 aliphatic carbocycles. The predicted octanol–water partition coefficient (Wildman–Crippen LogP) is 5.27. The molecule has 5 nitrogen and oxygen atoms in total. The Labute approximate surface area is 163 Å². The number of amides is 1. The van der Waals surface area contributed by atoms with Crippen LogP contribution in [0.25, 0.3) is 22.9 Å². The minimum absolute atomic E-state index is 0.160. The molecule has 4 aromatic rings. The van der Waals surface area contributed by atoms with Gasteiger partial charge in [0.2, 0.25) is 11.8 Å². The van der Waals surface area contributed by atoms with Crippen LogP contribution in [0.4, 0.5) is 5.69 Å². The number of carbonyl (C=O) groups is 1. The van der Waals surface area contributed by atoms with Crippen LogP contribution in [0, 0.1) is 13.8 Å². The number of benzene rings is 3. The summed E-state index contributed by atoms with van der Waals surface area (Å²) < 4.78 is 5.78. The van der Waals surface area contributed by atoms with Crippen molar-refractivity contribution in [3.05, 3.63) is 89.5 Å². The predicted molar refractivity (Wildman–Crippen MR) is 109 cm³/mol. The zero-order valence-electron chi connectivity index (χ0n) is 15.6. The minimum atomic E-state index is -0.160. The Bertz CT molecular complexity index is 1110. The molecule has 0 spiro atoms. The van der Waals surface area contributed by atoms with E-state index >= 15 is 0 Å². The summed E-state index contributed by atoms with van der Waals surface area (Å²) in [6, 6.07) is 22.7. The maximum atomic E-state index is 12.5. The Hall–Kier alpha value is -3.73. The molecular formula is C23H19N3O2. The zero-order chi connectivity index (χ0) is 19.5. The lowest BCUT2D eigenvalue weighted by Gasteiger charge is -2.08. The Balaban J connectivity index is 1.51. The molecule has 28 heavy (non-hydrogen) atoms. The van der Waals surface area contributed by atoms with Crippen molar-refractivity contribution in [1.82, 2.24) is 10.2 Å². The summed E-state index contributed by atoms with van der Waals surface area (Å²) in [6.45, 7) is 3.99. The molecule has 0 aliphatic heterocycles. The molecule has 0 radical (unpaired) electrons. The monoisotopic (exact) mass is 369 g/mol. The lowest BCUT2D eigenvalue weighted by atomic mass is 10.1. The van der Waals surface area contributed by atoms with E-state index in [1.54, 1.807) is 24.3 Å². The maximum Gasteiger partial charge on any atom is 0.255 e. The van der Waals surface area contributed by atoms with Gasteiger partial charge in [0.1, 0.15) is 0 Å². The second kappa shape index (κ2) is 7.48. The summed E-state index contributed by atoms with van der Waals surface area (Å²) in [5, 5.41) is 11.2. The quantitative estimate of drug-likeness (QED) is 0.532. The fraction of sp³-hybridized carbons (Fsp3) is 0.0870. The van der Waals surface area contributed by atoms with E-state index in [1.165, 1.54) is 5.56 Å². The van der Waals surface area contributed by atoms with Gasteiger partial charge in [0.15, 0.2) is 0 Å². The number of hydrogen-bond donors (Lipinski definition) is 1. The highest BCUT2D eigenvalue weighted by Gasteiger charge is 2.12. The average Bonchev–Trinajstić information content (AvgIpc) is 3.20. The number of hydrogen-bond acceptors (Lipinski definition) is 4. The number of nitrogens with one attached hydrogen (secondary N) is 1. The summed E-state index contributed by atoms with van der Waals surface area (Å²) in [7, 11) is 0. The van der Waals surface area contributed by atoms with Crippen molar-refractivity contribution in [2.24, 2.45) is 0 Å². The van der Waals surface area contributed by atoms with Gasteiger partial charge in [0.05, 0.1) is 0 Å². The van der Waals surface area contributed by atoms with E-state index in [1.807, 2.05) is 62.4 Å². The van der Waals surface area contributed by atoms with Gasteiger partial charge in [-0.3, -0.25) is 4.79 Å². The van der Waals surface area contributed by atoms with Crippen LogP contribution in [0.2, 0.25) is 0 Å². The van der Waals surface area contributed by atoms with Crippen molar-refractivity contribution < 1.29 is 9.21 Å². The molecule has 0 aliphatic rings. The lowest BCUT2D eigenvalue weighted by Crippen LogP contribution is -2.12. The van der Waals surface area contributed by atoms with E-state index in [9.17, 15) is 4.79 Å². The largest absolute Gasteiger partial charge is 0.416 e. The van der Waals surface area contributed by atoms with Crippen LogP contribution < -0.4 is 5.32 Å². The topological polar surface area (TPSA) is 68.0 Å². The Morgan fingerprint density at radius 3 is 1.96 bits per heavy atom. The lowest BCUT2D eigenvalue weighted by molar-refractivity contribution is 0.102. The molecule has 1 N–H and O–H groups in total. The third kappa shape index (κ3) is 3.69. The van der Waals surface area contributed by atoms with Crippen LogP contribution in [0.5, 0.6) is 0 Å². The van der Waals surface area contributed by atoms with Crippen molar-refractivity contribution in [2.75, 3.05) is 5.32 Å². The summed E-state index contributed by atoms with van der Waals surface area (Å²) in [5.41, 5.74) is 5.18. The summed E-state index contributed by atoms with van der Waals surface area (Å²) in [4.78, 5) is 12.5. The highest BCUT2D eigenvalue weighted by molar-refractivity contribution is 6.04. The molecule has 0 atom stereocenters. The first kappa shape index (κ1) is 17.7. The fourth-order valence-corrected chi connectivity index (χ4v) is 2.82. The number of anilines is 1. The molecule has 0 fully saturated rings. The van der Waals surface area contributed by atoms with E-state index in [0.29, 0.717) is 17.3 Å². The second-order valence-electron chi connectivity index (χ2n) is 6.62. The van der Waals surface area contributed by atoms with Crippen molar-refractivity contribution >= 4 is 11.6 Å².